The van der Waals surface area contributed by atoms with E-state index in [1.165, 1.54) is 11.1 Å². The summed E-state index contributed by atoms with van der Waals surface area (Å²) in [5.74, 6) is 0. The number of thiocarbonyl (C=S) groups is 1. The number of morpholine rings is 1. The van der Waals surface area contributed by atoms with E-state index >= 15 is 0 Å². The lowest BCUT2D eigenvalue weighted by Crippen LogP contribution is -2.44. The maximum Gasteiger partial charge on any atom is 0.166 e. The van der Waals surface area contributed by atoms with E-state index in [0.717, 1.165) is 39.3 Å². The zero-order chi connectivity index (χ0) is 18.2. The van der Waals surface area contributed by atoms with Crippen molar-refractivity contribution in [3.05, 3.63) is 35.4 Å². The number of nitrogens with one attached hydrogen (secondary N) is 2. The molecule has 1 aromatic carbocycles. The van der Waals surface area contributed by atoms with Crippen molar-refractivity contribution in [2.24, 2.45) is 0 Å². The molecule has 2 N–H and O–H groups in total. The average Bonchev–Trinajstić information content (AvgIpc) is 2.53. The summed E-state index contributed by atoms with van der Waals surface area (Å²) in [7, 11) is 4.11. The van der Waals surface area contributed by atoms with Crippen molar-refractivity contribution in [1.29, 1.82) is 0 Å². The molecule has 0 bridgehead atoms. The van der Waals surface area contributed by atoms with Gasteiger partial charge in [0, 0.05) is 39.3 Å². The first kappa shape index (κ1) is 20.1. The number of hydrogen-bond acceptors (Lipinski definition) is 4. The summed E-state index contributed by atoms with van der Waals surface area (Å²) in [6.07, 6.45) is 0.626. The van der Waals surface area contributed by atoms with Crippen molar-refractivity contribution in [3.8, 4) is 0 Å². The Hall–Kier alpha value is -1.21. The fourth-order valence-electron chi connectivity index (χ4n) is 3.07. The Morgan fingerprint density at radius 2 is 1.72 bits per heavy atom. The SMILES string of the molecule is CC1CN(Cc2ccc(CNC(=S)NCCN(C)C)cc2)CC(C)O1. The molecule has 0 aliphatic carbocycles. The van der Waals surface area contributed by atoms with E-state index < -0.39 is 0 Å². The van der Waals surface area contributed by atoms with Gasteiger partial charge < -0.3 is 20.3 Å². The minimum absolute atomic E-state index is 0.313. The molecule has 2 rings (SSSR count). The first-order chi connectivity index (χ1) is 11.9. The van der Waals surface area contributed by atoms with Gasteiger partial charge in [0.15, 0.2) is 5.11 Å². The summed E-state index contributed by atoms with van der Waals surface area (Å²) >= 11 is 5.30. The monoisotopic (exact) mass is 364 g/mol. The van der Waals surface area contributed by atoms with E-state index in [4.69, 9.17) is 17.0 Å². The molecular weight excluding hydrogens is 332 g/mol. The van der Waals surface area contributed by atoms with Gasteiger partial charge in [-0.2, -0.15) is 0 Å². The van der Waals surface area contributed by atoms with Crippen LogP contribution in [0.1, 0.15) is 25.0 Å². The standard InChI is InChI=1S/C19H32N4OS/c1-15-12-23(13-16(2)24-15)14-18-7-5-17(6-8-18)11-21-19(25)20-9-10-22(3)4/h5-8,15-16H,9-14H2,1-4H3,(H2,20,21,25). The van der Waals surface area contributed by atoms with E-state index in [1.807, 2.05) is 0 Å². The number of benzene rings is 1. The van der Waals surface area contributed by atoms with Crippen molar-refractivity contribution in [2.45, 2.75) is 39.1 Å². The third-order valence-electron chi connectivity index (χ3n) is 4.22. The van der Waals surface area contributed by atoms with Crippen molar-refractivity contribution in [1.82, 2.24) is 20.4 Å². The van der Waals surface area contributed by atoms with Crippen LogP contribution in [0.5, 0.6) is 0 Å². The van der Waals surface area contributed by atoms with E-state index in [9.17, 15) is 0 Å². The molecule has 1 fully saturated rings. The van der Waals surface area contributed by atoms with E-state index in [1.54, 1.807) is 0 Å². The first-order valence-corrected chi connectivity index (χ1v) is 9.45. The van der Waals surface area contributed by atoms with E-state index in [0.29, 0.717) is 17.3 Å². The molecule has 1 saturated heterocycles. The largest absolute Gasteiger partial charge is 0.373 e. The lowest BCUT2D eigenvalue weighted by atomic mass is 10.1. The van der Waals surface area contributed by atoms with Gasteiger partial charge in [-0.25, -0.2) is 0 Å². The molecule has 140 valence electrons. The third-order valence-corrected chi connectivity index (χ3v) is 4.51. The Morgan fingerprint density at radius 1 is 1.12 bits per heavy atom. The lowest BCUT2D eigenvalue weighted by molar-refractivity contribution is -0.0704. The fraction of sp³-hybridized carbons (Fsp3) is 0.632. The highest BCUT2D eigenvalue weighted by molar-refractivity contribution is 7.80. The molecule has 25 heavy (non-hydrogen) atoms. The van der Waals surface area contributed by atoms with Crippen LogP contribution in [-0.4, -0.2) is 67.4 Å². The van der Waals surface area contributed by atoms with Gasteiger partial charge in [-0.05, 0) is 51.3 Å². The lowest BCUT2D eigenvalue weighted by Gasteiger charge is -2.35. The average molecular weight is 365 g/mol. The van der Waals surface area contributed by atoms with Gasteiger partial charge in [0.05, 0.1) is 12.2 Å². The summed E-state index contributed by atoms with van der Waals surface area (Å²) < 4.78 is 5.80. The maximum atomic E-state index is 5.80. The Balaban J connectivity index is 1.73. The second kappa shape index (κ2) is 10.1. The second-order valence-corrected chi connectivity index (χ2v) is 7.59. The van der Waals surface area contributed by atoms with Gasteiger partial charge >= 0.3 is 0 Å². The number of likely N-dealkylation sites (N-methyl/N-ethyl adjacent to an activating group) is 1. The predicted octanol–water partition coefficient (Wildman–Crippen LogP) is 1.82. The molecule has 1 heterocycles. The molecule has 2 atom stereocenters. The first-order valence-electron chi connectivity index (χ1n) is 9.04. The van der Waals surface area contributed by atoms with Crippen molar-refractivity contribution >= 4 is 17.3 Å². The molecule has 0 radical (unpaired) electrons. The number of rotatable bonds is 7. The van der Waals surface area contributed by atoms with Crippen LogP contribution >= 0.6 is 12.2 Å². The molecule has 1 aliphatic heterocycles. The second-order valence-electron chi connectivity index (χ2n) is 7.18. The minimum atomic E-state index is 0.313. The van der Waals surface area contributed by atoms with Gasteiger partial charge in [0.2, 0.25) is 0 Å². The molecule has 1 aromatic rings. The smallest absolute Gasteiger partial charge is 0.166 e. The van der Waals surface area contributed by atoms with Crippen LogP contribution in [0.2, 0.25) is 0 Å². The maximum absolute atomic E-state index is 5.80. The van der Waals surface area contributed by atoms with Crippen molar-refractivity contribution in [3.63, 3.8) is 0 Å². The van der Waals surface area contributed by atoms with Gasteiger partial charge in [0.25, 0.3) is 0 Å². The number of ether oxygens (including phenoxy) is 1. The highest BCUT2D eigenvalue weighted by Crippen LogP contribution is 2.14. The summed E-state index contributed by atoms with van der Waals surface area (Å²) in [5, 5.41) is 7.19. The minimum Gasteiger partial charge on any atom is -0.373 e. The quantitative estimate of drug-likeness (QED) is 0.719. The predicted molar refractivity (Wildman–Crippen MR) is 108 cm³/mol. The normalized spacial score (nSPS) is 21.3. The summed E-state index contributed by atoms with van der Waals surface area (Å²) in [6.45, 7) is 9.85. The topological polar surface area (TPSA) is 39.8 Å². The van der Waals surface area contributed by atoms with Gasteiger partial charge in [-0.3, -0.25) is 4.90 Å². The molecule has 6 heteroatoms. The molecule has 1 aliphatic rings. The Morgan fingerprint density at radius 3 is 2.32 bits per heavy atom. The molecule has 2 unspecified atom stereocenters. The highest BCUT2D eigenvalue weighted by atomic mass is 32.1. The van der Waals surface area contributed by atoms with Gasteiger partial charge in [0.1, 0.15) is 0 Å². The van der Waals surface area contributed by atoms with Gasteiger partial charge in [-0.15, -0.1) is 0 Å². The van der Waals surface area contributed by atoms with Gasteiger partial charge in [-0.1, -0.05) is 24.3 Å². The van der Waals surface area contributed by atoms with Crippen LogP contribution < -0.4 is 10.6 Å². The summed E-state index contributed by atoms with van der Waals surface area (Å²) in [6, 6.07) is 8.78. The van der Waals surface area contributed by atoms with Crippen molar-refractivity contribution in [2.75, 3.05) is 40.3 Å². The Bertz CT molecular complexity index is 525. The molecule has 0 aromatic heterocycles. The Labute approximate surface area is 157 Å². The fourth-order valence-corrected chi connectivity index (χ4v) is 3.25. The molecule has 0 saturated carbocycles. The number of hydrogen-bond donors (Lipinski definition) is 2. The van der Waals surface area contributed by atoms with Crippen LogP contribution in [0.4, 0.5) is 0 Å². The Kier molecular flexibility index (Phi) is 8.09. The molecule has 0 amide bonds. The van der Waals surface area contributed by atoms with Crippen LogP contribution in [0.3, 0.4) is 0 Å². The van der Waals surface area contributed by atoms with Crippen LogP contribution in [0, 0.1) is 0 Å². The van der Waals surface area contributed by atoms with Crippen LogP contribution in [0.15, 0.2) is 24.3 Å². The molecule has 0 spiro atoms. The van der Waals surface area contributed by atoms with Crippen LogP contribution in [0.25, 0.3) is 0 Å². The van der Waals surface area contributed by atoms with E-state index in [-0.39, 0.29) is 0 Å². The van der Waals surface area contributed by atoms with Crippen LogP contribution in [-0.2, 0) is 17.8 Å². The highest BCUT2D eigenvalue weighted by Gasteiger charge is 2.21. The molecule has 5 nitrogen and oxygen atoms in total. The van der Waals surface area contributed by atoms with E-state index in [2.05, 4.69) is 72.6 Å². The number of nitrogens with zero attached hydrogens (tertiary/aromatic N) is 2. The zero-order valence-corrected chi connectivity index (χ0v) is 16.7. The molecular formula is C19H32N4OS. The summed E-state index contributed by atoms with van der Waals surface area (Å²) in [4.78, 5) is 4.60. The third kappa shape index (κ3) is 7.69. The zero-order valence-electron chi connectivity index (χ0n) is 15.9. The van der Waals surface area contributed by atoms with Crippen molar-refractivity contribution < 1.29 is 4.74 Å². The summed E-state index contributed by atoms with van der Waals surface area (Å²) in [5.41, 5.74) is 2.58.